The van der Waals surface area contributed by atoms with E-state index in [4.69, 9.17) is 17.3 Å². The van der Waals surface area contributed by atoms with Crippen molar-refractivity contribution in [2.75, 3.05) is 0 Å². The molecule has 5 heteroatoms. The molecule has 2 aromatic heterocycles. The van der Waals surface area contributed by atoms with E-state index in [0.717, 1.165) is 34.9 Å². The number of halogens is 1. The Morgan fingerprint density at radius 3 is 2.56 bits per heavy atom. The fraction of sp³-hybridized carbons (Fsp3) is 0.385. The molecule has 96 valence electrons. The number of nitrogens with two attached hydrogens (primary N) is 1. The molecule has 0 aromatic carbocycles. The van der Waals surface area contributed by atoms with Crippen molar-refractivity contribution in [3.63, 3.8) is 0 Å². The predicted molar refractivity (Wildman–Crippen MR) is 73.1 cm³/mol. The number of aryl methyl sites for hydroxylation is 2. The van der Waals surface area contributed by atoms with Crippen molar-refractivity contribution in [2.24, 2.45) is 5.73 Å². The highest BCUT2D eigenvalue weighted by molar-refractivity contribution is 6.31. The van der Waals surface area contributed by atoms with Gasteiger partial charge in [0.1, 0.15) is 0 Å². The normalized spacial score (nSPS) is 10.9. The van der Waals surface area contributed by atoms with Crippen LogP contribution in [-0.2, 0) is 13.0 Å². The number of aromatic nitrogens is 3. The van der Waals surface area contributed by atoms with Gasteiger partial charge in [0, 0.05) is 12.2 Å². The minimum Gasteiger partial charge on any atom is -0.326 e. The van der Waals surface area contributed by atoms with Crippen LogP contribution >= 0.6 is 11.6 Å². The van der Waals surface area contributed by atoms with E-state index in [-0.39, 0.29) is 0 Å². The molecule has 0 unspecified atom stereocenters. The zero-order valence-electron chi connectivity index (χ0n) is 10.9. The molecular formula is C13H17ClN4. The first-order chi connectivity index (χ1) is 8.56. The molecule has 0 saturated carbocycles. The number of pyridine rings is 1. The molecule has 0 radical (unpaired) electrons. The first-order valence-corrected chi connectivity index (χ1v) is 6.36. The Labute approximate surface area is 112 Å². The highest BCUT2D eigenvalue weighted by Gasteiger charge is 2.12. The third-order valence-corrected chi connectivity index (χ3v) is 3.49. The Morgan fingerprint density at radius 2 is 2.06 bits per heavy atom. The molecule has 0 aliphatic heterocycles. The van der Waals surface area contributed by atoms with Crippen molar-refractivity contribution >= 4 is 11.6 Å². The first-order valence-electron chi connectivity index (χ1n) is 5.98. The van der Waals surface area contributed by atoms with Gasteiger partial charge in [0.25, 0.3) is 0 Å². The van der Waals surface area contributed by atoms with Gasteiger partial charge in [0.2, 0.25) is 0 Å². The highest BCUT2D eigenvalue weighted by Crippen LogP contribution is 2.22. The van der Waals surface area contributed by atoms with Crippen molar-refractivity contribution < 1.29 is 0 Å². The summed E-state index contributed by atoms with van der Waals surface area (Å²) in [5.41, 5.74) is 9.49. The van der Waals surface area contributed by atoms with Crippen LogP contribution in [0.15, 0.2) is 12.1 Å². The van der Waals surface area contributed by atoms with Crippen LogP contribution in [0, 0.1) is 13.8 Å². The van der Waals surface area contributed by atoms with Crippen LogP contribution < -0.4 is 5.73 Å². The van der Waals surface area contributed by atoms with E-state index in [1.54, 1.807) is 4.68 Å². The topological polar surface area (TPSA) is 56.7 Å². The molecule has 2 heterocycles. The fourth-order valence-corrected chi connectivity index (χ4v) is 2.01. The summed E-state index contributed by atoms with van der Waals surface area (Å²) in [6.45, 7) is 6.39. The smallest absolute Gasteiger partial charge is 0.154 e. The molecular weight excluding hydrogens is 248 g/mol. The standard InChI is InChI=1S/C13H17ClN4/c1-4-11-5-10(7-15)6-12(16-11)18-9(3)13(14)8(2)17-18/h5-6H,4,7,15H2,1-3H3. The molecule has 0 fully saturated rings. The number of rotatable bonds is 3. The summed E-state index contributed by atoms with van der Waals surface area (Å²) >= 11 is 6.16. The lowest BCUT2D eigenvalue weighted by atomic mass is 10.2. The zero-order chi connectivity index (χ0) is 13.3. The third-order valence-electron chi connectivity index (χ3n) is 2.94. The van der Waals surface area contributed by atoms with Crippen LogP contribution in [0.3, 0.4) is 0 Å². The Kier molecular flexibility index (Phi) is 3.68. The quantitative estimate of drug-likeness (QED) is 0.927. The van der Waals surface area contributed by atoms with Crippen LogP contribution in [0.5, 0.6) is 0 Å². The second kappa shape index (κ2) is 5.08. The average Bonchev–Trinajstić information content (AvgIpc) is 2.65. The first kappa shape index (κ1) is 13.1. The number of hydrogen-bond acceptors (Lipinski definition) is 3. The van der Waals surface area contributed by atoms with E-state index in [0.29, 0.717) is 11.6 Å². The fourth-order valence-electron chi connectivity index (χ4n) is 1.89. The van der Waals surface area contributed by atoms with Crippen molar-refractivity contribution in [3.8, 4) is 5.82 Å². The van der Waals surface area contributed by atoms with Crippen molar-refractivity contribution in [3.05, 3.63) is 39.8 Å². The summed E-state index contributed by atoms with van der Waals surface area (Å²) in [4.78, 5) is 4.57. The Balaban J connectivity index is 2.59. The molecule has 0 atom stereocenters. The van der Waals surface area contributed by atoms with Crippen LogP contribution in [-0.4, -0.2) is 14.8 Å². The Hall–Kier alpha value is -1.39. The molecule has 2 N–H and O–H groups in total. The molecule has 0 aliphatic carbocycles. The van der Waals surface area contributed by atoms with Gasteiger partial charge in [0.05, 0.1) is 16.4 Å². The van der Waals surface area contributed by atoms with E-state index in [2.05, 4.69) is 17.0 Å². The predicted octanol–water partition coefficient (Wildman–Crippen LogP) is 2.56. The number of nitrogens with zero attached hydrogens (tertiary/aromatic N) is 3. The minimum absolute atomic E-state index is 0.496. The summed E-state index contributed by atoms with van der Waals surface area (Å²) in [6.07, 6.45) is 0.869. The van der Waals surface area contributed by atoms with Crippen LogP contribution in [0.1, 0.15) is 29.6 Å². The van der Waals surface area contributed by atoms with E-state index in [1.165, 1.54) is 0 Å². The average molecular weight is 265 g/mol. The second-order valence-corrected chi connectivity index (χ2v) is 4.66. The van der Waals surface area contributed by atoms with Crippen molar-refractivity contribution in [1.82, 2.24) is 14.8 Å². The van der Waals surface area contributed by atoms with Gasteiger partial charge in [-0.3, -0.25) is 0 Å². The molecule has 18 heavy (non-hydrogen) atoms. The molecule has 2 rings (SSSR count). The highest BCUT2D eigenvalue weighted by atomic mass is 35.5. The van der Waals surface area contributed by atoms with E-state index < -0.39 is 0 Å². The van der Waals surface area contributed by atoms with Crippen molar-refractivity contribution in [2.45, 2.75) is 33.7 Å². The summed E-state index contributed by atoms with van der Waals surface area (Å²) in [5.74, 6) is 0.780. The second-order valence-electron chi connectivity index (χ2n) is 4.28. The maximum absolute atomic E-state index is 6.16. The Morgan fingerprint density at radius 1 is 1.33 bits per heavy atom. The summed E-state index contributed by atoms with van der Waals surface area (Å²) < 4.78 is 1.77. The molecule has 0 aliphatic rings. The summed E-state index contributed by atoms with van der Waals surface area (Å²) in [5, 5.41) is 5.10. The largest absolute Gasteiger partial charge is 0.326 e. The molecule has 0 amide bonds. The van der Waals surface area contributed by atoms with Gasteiger partial charge in [-0.15, -0.1) is 0 Å². The van der Waals surface area contributed by atoms with Crippen LogP contribution in [0.4, 0.5) is 0 Å². The lowest BCUT2D eigenvalue weighted by molar-refractivity contribution is 0.791. The molecule has 0 saturated heterocycles. The van der Waals surface area contributed by atoms with Gasteiger partial charge in [-0.25, -0.2) is 9.67 Å². The lowest BCUT2D eigenvalue weighted by Crippen LogP contribution is -2.07. The molecule has 0 spiro atoms. The molecule has 0 bridgehead atoms. The zero-order valence-corrected chi connectivity index (χ0v) is 11.6. The summed E-state index contributed by atoms with van der Waals surface area (Å²) in [7, 11) is 0. The van der Waals surface area contributed by atoms with Crippen molar-refractivity contribution in [1.29, 1.82) is 0 Å². The number of hydrogen-bond donors (Lipinski definition) is 1. The Bertz CT molecular complexity index is 552. The third kappa shape index (κ3) is 2.26. The minimum atomic E-state index is 0.496. The maximum atomic E-state index is 6.16. The molecule has 4 nitrogen and oxygen atoms in total. The van der Waals surface area contributed by atoms with Gasteiger partial charge < -0.3 is 5.73 Å². The monoisotopic (exact) mass is 264 g/mol. The van der Waals surface area contributed by atoms with Gasteiger partial charge in [-0.2, -0.15) is 5.10 Å². The summed E-state index contributed by atoms with van der Waals surface area (Å²) in [6, 6.07) is 3.98. The van der Waals surface area contributed by atoms with Gasteiger partial charge in [-0.05, 0) is 38.0 Å². The van der Waals surface area contributed by atoms with Crippen LogP contribution in [0.2, 0.25) is 5.02 Å². The van der Waals surface area contributed by atoms with Crippen LogP contribution in [0.25, 0.3) is 5.82 Å². The van der Waals surface area contributed by atoms with E-state index in [1.807, 2.05) is 26.0 Å². The van der Waals surface area contributed by atoms with E-state index >= 15 is 0 Å². The lowest BCUT2D eigenvalue weighted by Gasteiger charge is -2.08. The SMILES string of the molecule is CCc1cc(CN)cc(-n2nc(C)c(Cl)c2C)n1. The maximum Gasteiger partial charge on any atom is 0.154 e. The van der Waals surface area contributed by atoms with Gasteiger partial charge >= 0.3 is 0 Å². The van der Waals surface area contributed by atoms with E-state index in [9.17, 15) is 0 Å². The molecule has 2 aromatic rings. The van der Waals surface area contributed by atoms with Gasteiger partial charge in [0.15, 0.2) is 5.82 Å². The van der Waals surface area contributed by atoms with Gasteiger partial charge in [-0.1, -0.05) is 18.5 Å².